The standard InChI is InChI=1S/C20H31N5O/c1-23-11-7-20(15-23)8-12-25(16-20)19(26)22-14-17-5-6-18(21-13-17)24-9-3-2-4-10-24/h5-6,13H,2-4,7-12,14-16H2,1H3,(H,22,26). The second-order valence-electron chi connectivity index (χ2n) is 8.39. The molecule has 1 unspecified atom stereocenters. The molecule has 0 saturated carbocycles. The number of aromatic nitrogens is 1. The van der Waals surface area contributed by atoms with E-state index in [4.69, 9.17) is 0 Å². The van der Waals surface area contributed by atoms with E-state index in [1.165, 1.54) is 25.7 Å². The summed E-state index contributed by atoms with van der Waals surface area (Å²) in [5.74, 6) is 1.06. The maximum absolute atomic E-state index is 12.5. The molecule has 0 aromatic carbocycles. The van der Waals surface area contributed by atoms with Gasteiger partial charge in [0.1, 0.15) is 5.82 Å². The summed E-state index contributed by atoms with van der Waals surface area (Å²) in [4.78, 5) is 23.9. The number of rotatable bonds is 3. The fourth-order valence-corrected chi connectivity index (χ4v) is 4.72. The van der Waals surface area contributed by atoms with E-state index in [-0.39, 0.29) is 6.03 Å². The molecule has 1 atom stereocenters. The number of urea groups is 1. The van der Waals surface area contributed by atoms with Gasteiger partial charge in [-0.1, -0.05) is 6.07 Å². The molecule has 6 heteroatoms. The highest BCUT2D eigenvalue weighted by atomic mass is 16.2. The fourth-order valence-electron chi connectivity index (χ4n) is 4.72. The van der Waals surface area contributed by atoms with Gasteiger partial charge in [-0.05, 0) is 57.3 Å². The predicted molar refractivity (Wildman–Crippen MR) is 103 cm³/mol. The second kappa shape index (κ2) is 7.43. The van der Waals surface area contributed by atoms with Crippen LogP contribution in [0.15, 0.2) is 18.3 Å². The van der Waals surface area contributed by atoms with Crippen LogP contribution in [0, 0.1) is 5.41 Å². The van der Waals surface area contributed by atoms with E-state index < -0.39 is 0 Å². The zero-order valence-corrected chi connectivity index (χ0v) is 15.9. The van der Waals surface area contributed by atoms with Crippen molar-refractivity contribution in [2.24, 2.45) is 5.41 Å². The molecule has 3 saturated heterocycles. The normalized spacial score (nSPS) is 26.7. The number of hydrogen-bond acceptors (Lipinski definition) is 4. The molecule has 3 aliphatic heterocycles. The molecular formula is C20H31N5O. The van der Waals surface area contributed by atoms with E-state index in [0.29, 0.717) is 12.0 Å². The lowest BCUT2D eigenvalue weighted by atomic mass is 9.86. The summed E-state index contributed by atoms with van der Waals surface area (Å²) in [6, 6.07) is 4.25. The highest BCUT2D eigenvalue weighted by molar-refractivity contribution is 5.74. The topological polar surface area (TPSA) is 51.7 Å². The van der Waals surface area contributed by atoms with Crippen LogP contribution in [-0.2, 0) is 6.54 Å². The van der Waals surface area contributed by atoms with E-state index in [2.05, 4.69) is 39.3 Å². The van der Waals surface area contributed by atoms with Crippen LogP contribution in [0.5, 0.6) is 0 Å². The molecule has 0 bridgehead atoms. The van der Waals surface area contributed by atoms with Crippen molar-refractivity contribution < 1.29 is 4.79 Å². The summed E-state index contributed by atoms with van der Waals surface area (Å²) >= 11 is 0. The Morgan fingerprint density at radius 3 is 2.62 bits per heavy atom. The summed E-state index contributed by atoms with van der Waals surface area (Å²) in [6.45, 7) is 6.82. The lowest BCUT2D eigenvalue weighted by Crippen LogP contribution is -2.40. The largest absolute Gasteiger partial charge is 0.357 e. The summed E-state index contributed by atoms with van der Waals surface area (Å²) < 4.78 is 0. The van der Waals surface area contributed by atoms with Gasteiger partial charge >= 0.3 is 6.03 Å². The van der Waals surface area contributed by atoms with Gasteiger partial charge in [0.2, 0.25) is 0 Å². The number of pyridine rings is 1. The summed E-state index contributed by atoms with van der Waals surface area (Å²) in [5.41, 5.74) is 1.40. The van der Waals surface area contributed by atoms with Crippen LogP contribution < -0.4 is 10.2 Å². The molecule has 1 aromatic heterocycles. The Balaban J connectivity index is 1.27. The molecule has 1 aromatic rings. The molecule has 0 aliphatic carbocycles. The van der Waals surface area contributed by atoms with Crippen molar-refractivity contribution >= 4 is 11.8 Å². The Hall–Kier alpha value is -1.82. The Morgan fingerprint density at radius 2 is 1.92 bits per heavy atom. The number of likely N-dealkylation sites (tertiary alicyclic amines) is 2. The number of hydrogen-bond donors (Lipinski definition) is 1. The number of carbonyl (C=O) groups excluding carboxylic acids is 1. The number of amides is 2. The third-order valence-electron chi connectivity index (χ3n) is 6.29. The molecule has 2 amide bonds. The van der Waals surface area contributed by atoms with Crippen molar-refractivity contribution in [3.05, 3.63) is 23.9 Å². The van der Waals surface area contributed by atoms with Crippen molar-refractivity contribution in [2.45, 2.75) is 38.6 Å². The summed E-state index contributed by atoms with van der Waals surface area (Å²) in [7, 11) is 2.18. The van der Waals surface area contributed by atoms with E-state index in [1.54, 1.807) is 0 Å². The first-order valence-electron chi connectivity index (χ1n) is 10.0. The first kappa shape index (κ1) is 17.6. The van der Waals surface area contributed by atoms with E-state index in [9.17, 15) is 4.79 Å². The first-order chi connectivity index (χ1) is 12.6. The highest BCUT2D eigenvalue weighted by Gasteiger charge is 2.43. The SMILES string of the molecule is CN1CCC2(CCN(C(=O)NCc3ccc(N4CCCCC4)nc3)C2)C1. The van der Waals surface area contributed by atoms with Gasteiger partial charge in [0.15, 0.2) is 0 Å². The Labute approximate surface area is 156 Å². The molecule has 0 radical (unpaired) electrons. The molecular weight excluding hydrogens is 326 g/mol. The Kier molecular flexibility index (Phi) is 5.02. The van der Waals surface area contributed by atoms with Crippen LogP contribution in [0.25, 0.3) is 0 Å². The van der Waals surface area contributed by atoms with Gasteiger partial charge in [-0.15, -0.1) is 0 Å². The minimum Gasteiger partial charge on any atom is -0.357 e. The second-order valence-corrected chi connectivity index (χ2v) is 8.39. The lowest BCUT2D eigenvalue weighted by molar-refractivity contribution is 0.199. The first-order valence-corrected chi connectivity index (χ1v) is 10.0. The molecule has 4 rings (SSSR count). The number of carbonyl (C=O) groups is 1. The molecule has 3 fully saturated rings. The van der Waals surface area contributed by atoms with Gasteiger partial charge in [0.25, 0.3) is 0 Å². The number of nitrogens with one attached hydrogen (secondary N) is 1. The third-order valence-corrected chi connectivity index (χ3v) is 6.29. The van der Waals surface area contributed by atoms with E-state index in [1.807, 2.05) is 11.1 Å². The number of anilines is 1. The highest BCUT2D eigenvalue weighted by Crippen LogP contribution is 2.38. The van der Waals surface area contributed by atoms with Gasteiger partial charge in [0, 0.05) is 50.9 Å². The van der Waals surface area contributed by atoms with Crippen molar-refractivity contribution in [1.29, 1.82) is 0 Å². The molecule has 6 nitrogen and oxygen atoms in total. The maximum atomic E-state index is 12.5. The van der Waals surface area contributed by atoms with Gasteiger partial charge < -0.3 is 20.0 Å². The van der Waals surface area contributed by atoms with Crippen LogP contribution in [0.1, 0.15) is 37.7 Å². The molecule has 4 heterocycles. The Bertz CT molecular complexity index is 628. The minimum atomic E-state index is 0.0662. The van der Waals surface area contributed by atoms with Crippen LogP contribution in [0.2, 0.25) is 0 Å². The number of piperidine rings is 1. The molecule has 1 N–H and O–H groups in total. The monoisotopic (exact) mass is 357 g/mol. The van der Waals surface area contributed by atoms with Gasteiger partial charge in [-0.3, -0.25) is 0 Å². The predicted octanol–water partition coefficient (Wildman–Crippen LogP) is 2.31. The average molecular weight is 358 g/mol. The molecule has 3 aliphatic rings. The minimum absolute atomic E-state index is 0.0662. The lowest BCUT2D eigenvalue weighted by Gasteiger charge is -2.27. The molecule has 26 heavy (non-hydrogen) atoms. The van der Waals surface area contributed by atoms with Crippen LogP contribution in [0.3, 0.4) is 0 Å². The zero-order valence-electron chi connectivity index (χ0n) is 15.9. The smallest absolute Gasteiger partial charge is 0.317 e. The van der Waals surface area contributed by atoms with Crippen molar-refractivity contribution in [3.63, 3.8) is 0 Å². The quantitative estimate of drug-likeness (QED) is 0.902. The van der Waals surface area contributed by atoms with Crippen LogP contribution >= 0.6 is 0 Å². The van der Waals surface area contributed by atoms with E-state index in [0.717, 1.165) is 57.1 Å². The summed E-state index contributed by atoms with van der Waals surface area (Å²) in [5, 5.41) is 3.08. The maximum Gasteiger partial charge on any atom is 0.317 e. The molecule has 142 valence electrons. The third kappa shape index (κ3) is 3.80. The van der Waals surface area contributed by atoms with Crippen LogP contribution in [-0.4, -0.2) is 67.1 Å². The van der Waals surface area contributed by atoms with Crippen molar-refractivity contribution in [1.82, 2.24) is 20.1 Å². The van der Waals surface area contributed by atoms with Gasteiger partial charge in [-0.2, -0.15) is 0 Å². The zero-order chi connectivity index (χ0) is 18.0. The van der Waals surface area contributed by atoms with E-state index >= 15 is 0 Å². The van der Waals surface area contributed by atoms with Crippen molar-refractivity contribution in [2.75, 3.05) is 51.2 Å². The summed E-state index contributed by atoms with van der Waals surface area (Å²) in [6.07, 6.45) is 8.10. The fraction of sp³-hybridized carbons (Fsp3) is 0.700. The van der Waals surface area contributed by atoms with Gasteiger partial charge in [-0.25, -0.2) is 9.78 Å². The molecule has 1 spiro atoms. The van der Waals surface area contributed by atoms with Gasteiger partial charge in [0.05, 0.1) is 0 Å². The van der Waals surface area contributed by atoms with Crippen LogP contribution in [0.4, 0.5) is 10.6 Å². The number of nitrogens with zero attached hydrogens (tertiary/aromatic N) is 4. The average Bonchev–Trinajstić information content (AvgIpc) is 3.27. The Morgan fingerprint density at radius 1 is 1.12 bits per heavy atom. The van der Waals surface area contributed by atoms with Crippen molar-refractivity contribution in [3.8, 4) is 0 Å².